The van der Waals surface area contributed by atoms with Gasteiger partial charge in [0, 0.05) is 39.0 Å². The monoisotopic (exact) mass is 359 g/mol. The van der Waals surface area contributed by atoms with E-state index >= 15 is 0 Å². The maximum atomic E-state index is 14.1. The first-order valence-electron chi connectivity index (χ1n) is 9.20. The lowest BCUT2D eigenvalue weighted by Crippen LogP contribution is -2.52. The van der Waals surface area contributed by atoms with Gasteiger partial charge in [-0.2, -0.15) is 0 Å². The highest BCUT2D eigenvalue weighted by molar-refractivity contribution is 5.76. The fraction of sp³-hybridized carbons (Fsp3) is 0.500. The first-order chi connectivity index (χ1) is 12.7. The van der Waals surface area contributed by atoms with Crippen LogP contribution in [0.25, 0.3) is 0 Å². The average Bonchev–Trinajstić information content (AvgIpc) is 3.17. The van der Waals surface area contributed by atoms with Crippen molar-refractivity contribution in [3.05, 3.63) is 54.4 Å². The Morgan fingerprint density at radius 3 is 2.96 bits per heavy atom. The lowest BCUT2D eigenvalue weighted by Gasteiger charge is -2.41. The maximum Gasteiger partial charge on any atom is 0.222 e. The van der Waals surface area contributed by atoms with Gasteiger partial charge >= 0.3 is 0 Å². The van der Waals surface area contributed by atoms with Crippen molar-refractivity contribution in [2.45, 2.75) is 50.8 Å². The van der Waals surface area contributed by atoms with Crippen LogP contribution in [0.3, 0.4) is 0 Å². The van der Waals surface area contributed by atoms with E-state index in [4.69, 9.17) is 4.74 Å². The van der Waals surface area contributed by atoms with Gasteiger partial charge in [0.15, 0.2) is 0 Å². The molecule has 5 nitrogen and oxygen atoms in total. The maximum absolute atomic E-state index is 14.1. The zero-order valence-corrected chi connectivity index (χ0v) is 15.2. The number of hydrogen-bond donors (Lipinski definition) is 0. The van der Waals surface area contributed by atoms with Gasteiger partial charge in [0.25, 0.3) is 0 Å². The van der Waals surface area contributed by atoms with E-state index in [-0.39, 0.29) is 23.9 Å². The molecule has 0 saturated carbocycles. The third-order valence-corrected chi connectivity index (χ3v) is 5.09. The largest absolute Gasteiger partial charge is 0.379 e. The number of carbonyl (C=O) groups is 1. The van der Waals surface area contributed by atoms with Crippen LogP contribution >= 0.6 is 0 Å². The van der Waals surface area contributed by atoms with Gasteiger partial charge in [0.05, 0.1) is 18.5 Å². The van der Waals surface area contributed by atoms with Crippen molar-refractivity contribution in [3.63, 3.8) is 0 Å². The Bertz CT molecular complexity index is 705. The molecule has 0 unspecified atom stereocenters. The number of halogens is 1. The van der Waals surface area contributed by atoms with Crippen molar-refractivity contribution in [1.29, 1.82) is 0 Å². The molecule has 1 aliphatic rings. The van der Waals surface area contributed by atoms with Crippen LogP contribution in [-0.2, 0) is 22.5 Å². The van der Waals surface area contributed by atoms with Crippen molar-refractivity contribution in [1.82, 2.24) is 14.5 Å². The van der Waals surface area contributed by atoms with Gasteiger partial charge in [-0.15, -0.1) is 0 Å². The normalized spacial score (nSPS) is 20.3. The number of likely N-dealkylation sites (tertiary alicyclic amines) is 1. The van der Waals surface area contributed by atoms with Crippen LogP contribution in [0.15, 0.2) is 43.0 Å². The number of benzene rings is 1. The van der Waals surface area contributed by atoms with Gasteiger partial charge in [-0.3, -0.25) is 4.79 Å². The van der Waals surface area contributed by atoms with Crippen molar-refractivity contribution >= 4 is 5.91 Å². The van der Waals surface area contributed by atoms with Gasteiger partial charge in [-0.1, -0.05) is 18.2 Å². The van der Waals surface area contributed by atoms with E-state index in [1.54, 1.807) is 31.8 Å². The highest BCUT2D eigenvalue weighted by Gasteiger charge is 2.34. The van der Waals surface area contributed by atoms with Crippen LogP contribution in [0.1, 0.15) is 31.2 Å². The zero-order valence-electron chi connectivity index (χ0n) is 15.2. The van der Waals surface area contributed by atoms with E-state index in [1.165, 1.54) is 6.07 Å². The average molecular weight is 359 g/mol. The Hall–Kier alpha value is -2.21. The van der Waals surface area contributed by atoms with Crippen LogP contribution in [0.5, 0.6) is 0 Å². The molecule has 1 saturated heterocycles. The minimum atomic E-state index is -0.222. The molecule has 3 rings (SSSR count). The molecule has 26 heavy (non-hydrogen) atoms. The molecule has 2 aromatic rings. The topological polar surface area (TPSA) is 47.4 Å². The summed E-state index contributed by atoms with van der Waals surface area (Å²) in [5.41, 5.74) is 0.637. The molecule has 0 spiro atoms. The van der Waals surface area contributed by atoms with E-state index < -0.39 is 0 Å². The lowest BCUT2D eigenvalue weighted by atomic mass is 9.92. The van der Waals surface area contributed by atoms with Crippen LogP contribution in [-0.4, -0.2) is 46.2 Å². The first kappa shape index (κ1) is 18.6. The third kappa shape index (κ3) is 4.49. The Morgan fingerprint density at radius 1 is 1.38 bits per heavy atom. The zero-order chi connectivity index (χ0) is 18.4. The molecule has 6 heteroatoms. The van der Waals surface area contributed by atoms with E-state index in [2.05, 4.69) is 4.98 Å². The van der Waals surface area contributed by atoms with Gasteiger partial charge in [0.2, 0.25) is 5.91 Å². The SMILES string of the molecule is CO[C@H]1CCCN(C(=O)CCCn2ccnc2)[C@H]1Cc1ccccc1F. The van der Waals surface area contributed by atoms with Crippen LogP contribution in [0.4, 0.5) is 4.39 Å². The Kier molecular flexibility index (Phi) is 6.39. The van der Waals surface area contributed by atoms with E-state index in [1.807, 2.05) is 21.7 Å². The summed E-state index contributed by atoms with van der Waals surface area (Å²) in [5, 5.41) is 0. The summed E-state index contributed by atoms with van der Waals surface area (Å²) in [4.78, 5) is 18.7. The van der Waals surface area contributed by atoms with E-state index in [0.717, 1.165) is 25.8 Å². The van der Waals surface area contributed by atoms with Gasteiger partial charge in [0.1, 0.15) is 5.82 Å². The summed E-state index contributed by atoms with van der Waals surface area (Å²) < 4.78 is 21.7. The van der Waals surface area contributed by atoms with Gasteiger partial charge in [-0.25, -0.2) is 9.37 Å². The second-order valence-electron chi connectivity index (χ2n) is 6.77. The lowest BCUT2D eigenvalue weighted by molar-refractivity contribution is -0.139. The molecule has 0 aliphatic carbocycles. The molecule has 1 amide bonds. The summed E-state index contributed by atoms with van der Waals surface area (Å²) in [7, 11) is 1.67. The number of aryl methyl sites for hydroxylation is 1. The van der Waals surface area contributed by atoms with Crippen molar-refractivity contribution in [2.75, 3.05) is 13.7 Å². The van der Waals surface area contributed by atoms with Crippen LogP contribution < -0.4 is 0 Å². The quantitative estimate of drug-likeness (QED) is 0.763. The minimum absolute atomic E-state index is 0.0547. The fourth-order valence-electron chi connectivity index (χ4n) is 3.71. The number of ether oxygens (including phenoxy) is 1. The minimum Gasteiger partial charge on any atom is -0.379 e. The summed E-state index contributed by atoms with van der Waals surface area (Å²) in [6.07, 6.45) is 8.87. The highest BCUT2D eigenvalue weighted by Crippen LogP contribution is 2.25. The molecule has 1 aliphatic heterocycles. The summed E-state index contributed by atoms with van der Waals surface area (Å²) in [6, 6.07) is 6.66. The predicted molar refractivity (Wildman–Crippen MR) is 97.1 cm³/mol. The fourth-order valence-corrected chi connectivity index (χ4v) is 3.71. The Labute approximate surface area is 153 Å². The molecular formula is C20H26FN3O2. The van der Waals surface area contributed by atoms with Crippen molar-refractivity contribution in [2.24, 2.45) is 0 Å². The molecule has 1 aromatic carbocycles. The number of methoxy groups -OCH3 is 1. The Balaban J connectivity index is 1.65. The van der Waals surface area contributed by atoms with Gasteiger partial charge < -0.3 is 14.2 Å². The number of piperidine rings is 1. The molecule has 2 atom stereocenters. The number of amides is 1. The molecule has 0 bridgehead atoms. The van der Waals surface area contributed by atoms with Gasteiger partial charge in [-0.05, 0) is 37.3 Å². The number of nitrogens with zero attached hydrogens (tertiary/aromatic N) is 3. The summed E-state index contributed by atoms with van der Waals surface area (Å²) >= 11 is 0. The summed E-state index contributed by atoms with van der Waals surface area (Å²) in [6.45, 7) is 1.48. The molecule has 140 valence electrons. The molecular weight excluding hydrogens is 333 g/mol. The highest BCUT2D eigenvalue weighted by atomic mass is 19.1. The van der Waals surface area contributed by atoms with Crippen molar-refractivity contribution < 1.29 is 13.9 Å². The number of rotatable bonds is 7. The molecule has 0 N–H and O–H groups in total. The molecule has 1 fully saturated rings. The van der Waals surface area contributed by atoms with Crippen LogP contribution in [0, 0.1) is 5.82 Å². The second kappa shape index (κ2) is 8.94. The Morgan fingerprint density at radius 2 is 2.23 bits per heavy atom. The predicted octanol–water partition coefficient (Wildman–Crippen LogP) is 3.05. The molecule has 0 radical (unpaired) electrons. The smallest absolute Gasteiger partial charge is 0.222 e. The summed E-state index contributed by atoms with van der Waals surface area (Å²) in [5.74, 6) is -0.103. The second-order valence-corrected chi connectivity index (χ2v) is 6.77. The van der Waals surface area contributed by atoms with E-state index in [0.29, 0.717) is 24.9 Å². The number of aromatic nitrogens is 2. The third-order valence-electron chi connectivity index (χ3n) is 5.09. The number of imidazole rings is 1. The number of carbonyl (C=O) groups excluding carboxylic acids is 1. The molecule has 2 heterocycles. The standard InChI is InChI=1S/C20H26FN3O2/c1-26-19-8-4-12-24(18(19)14-16-6-2-3-7-17(16)21)20(25)9-5-11-23-13-10-22-15-23/h2-3,6-7,10,13,15,18-19H,4-5,8-9,11-12,14H2,1H3/t18-,19-/m0/s1. The van der Waals surface area contributed by atoms with Crippen molar-refractivity contribution in [3.8, 4) is 0 Å². The molecule has 1 aromatic heterocycles. The number of hydrogen-bond acceptors (Lipinski definition) is 3. The van der Waals surface area contributed by atoms with E-state index in [9.17, 15) is 9.18 Å². The van der Waals surface area contributed by atoms with Crippen LogP contribution in [0.2, 0.25) is 0 Å². The first-order valence-corrected chi connectivity index (χ1v) is 9.20.